The number of ether oxygens (including phenoxy) is 1. The molecule has 0 heterocycles. The number of hydrogen-bond donors (Lipinski definition) is 1. The molecule has 2 rings (SSSR count). The molecule has 0 aromatic heterocycles. The molecule has 0 amide bonds. The van der Waals surface area contributed by atoms with E-state index in [4.69, 9.17) is 4.74 Å². The van der Waals surface area contributed by atoms with Crippen molar-refractivity contribution in [3.63, 3.8) is 0 Å². The third-order valence-electron chi connectivity index (χ3n) is 3.16. The van der Waals surface area contributed by atoms with Crippen LogP contribution in [0.4, 0.5) is 4.39 Å². The predicted octanol–water partition coefficient (Wildman–Crippen LogP) is 5.06. The Kier molecular flexibility index (Phi) is 5.79. The van der Waals surface area contributed by atoms with Crippen LogP contribution < -0.4 is 10.1 Å². The molecule has 21 heavy (non-hydrogen) atoms. The summed E-state index contributed by atoms with van der Waals surface area (Å²) in [6.07, 6.45) is 0. The van der Waals surface area contributed by atoms with Gasteiger partial charge < -0.3 is 10.1 Å². The van der Waals surface area contributed by atoms with E-state index in [-0.39, 0.29) is 11.9 Å². The number of benzene rings is 2. The van der Waals surface area contributed by atoms with Gasteiger partial charge in [0, 0.05) is 4.47 Å². The Hall–Kier alpha value is -0.910. The highest BCUT2D eigenvalue weighted by atomic mass is 79.9. The summed E-state index contributed by atoms with van der Waals surface area (Å²) in [5.41, 5.74) is 1.89. The molecule has 2 aromatic carbocycles. The second-order valence-corrected chi connectivity index (χ2v) is 6.22. The summed E-state index contributed by atoms with van der Waals surface area (Å²) >= 11 is 6.74. The molecule has 0 spiro atoms. The van der Waals surface area contributed by atoms with Gasteiger partial charge in [-0.05, 0) is 65.3 Å². The Balaban J connectivity index is 2.38. The van der Waals surface area contributed by atoms with Crippen LogP contribution in [0.3, 0.4) is 0 Å². The van der Waals surface area contributed by atoms with Crippen LogP contribution in [0.25, 0.3) is 0 Å². The molecular weight excluding hydrogens is 401 g/mol. The molecule has 0 bridgehead atoms. The van der Waals surface area contributed by atoms with Crippen LogP contribution in [0.15, 0.2) is 45.3 Å². The second kappa shape index (κ2) is 7.38. The lowest BCUT2D eigenvalue weighted by atomic mass is 9.98. The second-order valence-electron chi connectivity index (χ2n) is 4.51. The highest BCUT2D eigenvalue weighted by molar-refractivity contribution is 9.10. The van der Waals surface area contributed by atoms with Gasteiger partial charge in [-0.25, -0.2) is 4.39 Å². The number of halogens is 3. The minimum absolute atomic E-state index is 0.0994. The van der Waals surface area contributed by atoms with Crippen molar-refractivity contribution >= 4 is 31.9 Å². The SMILES string of the molecule is CCOc1ccc(C(NC)c2ccc(Br)c(F)c2)c(Br)c1. The Labute approximate surface area is 141 Å². The molecule has 1 unspecified atom stereocenters. The number of rotatable bonds is 5. The average molecular weight is 417 g/mol. The molecule has 0 aliphatic heterocycles. The zero-order valence-corrected chi connectivity index (χ0v) is 15.0. The molecule has 2 aromatic rings. The summed E-state index contributed by atoms with van der Waals surface area (Å²) in [6, 6.07) is 10.9. The zero-order valence-electron chi connectivity index (χ0n) is 11.8. The van der Waals surface area contributed by atoms with Gasteiger partial charge in [0.1, 0.15) is 11.6 Å². The summed E-state index contributed by atoms with van der Waals surface area (Å²) in [7, 11) is 1.85. The summed E-state index contributed by atoms with van der Waals surface area (Å²) in [5, 5.41) is 3.22. The van der Waals surface area contributed by atoms with E-state index in [2.05, 4.69) is 37.2 Å². The van der Waals surface area contributed by atoms with E-state index in [1.807, 2.05) is 38.2 Å². The Bertz CT molecular complexity index is 634. The smallest absolute Gasteiger partial charge is 0.137 e. The topological polar surface area (TPSA) is 21.3 Å². The van der Waals surface area contributed by atoms with Crippen molar-refractivity contribution in [3.05, 3.63) is 62.3 Å². The molecular formula is C16H16Br2FNO. The first-order valence-electron chi connectivity index (χ1n) is 6.61. The number of hydrogen-bond acceptors (Lipinski definition) is 2. The molecule has 0 saturated carbocycles. The first-order chi connectivity index (χ1) is 10.1. The Morgan fingerprint density at radius 3 is 2.48 bits per heavy atom. The molecule has 0 aliphatic carbocycles. The van der Waals surface area contributed by atoms with Crippen LogP contribution in [0, 0.1) is 5.82 Å². The lowest BCUT2D eigenvalue weighted by Gasteiger charge is -2.19. The molecule has 5 heteroatoms. The van der Waals surface area contributed by atoms with Crippen LogP contribution in [-0.4, -0.2) is 13.7 Å². The van der Waals surface area contributed by atoms with E-state index < -0.39 is 0 Å². The van der Waals surface area contributed by atoms with E-state index in [1.165, 1.54) is 6.07 Å². The fraction of sp³-hybridized carbons (Fsp3) is 0.250. The largest absolute Gasteiger partial charge is 0.494 e. The molecule has 0 radical (unpaired) electrons. The molecule has 0 aliphatic rings. The molecule has 0 saturated heterocycles. The minimum atomic E-state index is -0.269. The zero-order chi connectivity index (χ0) is 15.4. The highest BCUT2D eigenvalue weighted by Gasteiger charge is 2.17. The maximum Gasteiger partial charge on any atom is 0.137 e. The summed E-state index contributed by atoms with van der Waals surface area (Å²) in [4.78, 5) is 0. The van der Waals surface area contributed by atoms with Gasteiger partial charge in [0.15, 0.2) is 0 Å². The number of nitrogens with one attached hydrogen (secondary N) is 1. The monoisotopic (exact) mass is 415 g/mol. The van der Waals surface area contributed by atoms with E-state index >= 15 is 0 Å². The molecule has 1 atom stereocenters. The summed E-state index contributed by atoms with van der Waals surface area (Å²) in [5.74, 6) is 0.541. The standard InChI is InChI=1S/C16H16Br2FNO/c1-3-21-11-5-6-12(14(18)9-11)16(20-2)10-4-7-13(17)15(19)8-10/h4-9,16,20H,3H2,1-2H3. The normalized spacial score (nSPS) is 12.2. The third kappa shape index (κ3) is 3.84. The molecule has 1 N–H and O–H groups in total. The fourth-order valence-corrected chi connectivity index (χ4v) is 3.03. The maximum absolute atomic E-state index is 13.8. The van der Waals surface area contributed by atoms with Gasteiger partial charge in [0.2, 0.25) is 0 Å². The van der Waals surface area contributed by atoms with Crippen LogP contribution >= 0.6 is 31.9 Å². The lowest BCUT2D eigenvalue weighted by Crippen LogP contribution is -2.18. The van der Waals surface area contributed by atoms with Crippen molar-refractivity contribution in [2.45, 2.75) is 13.0 Å². The maximum atomic E-state index is 13.8. The quantitative estimate of drug-likeness (QED) is 0.735. The molecule has 112 valence electrons. The predicted molar refractivity (Wildman–Crippen MR) is 90.3 cm³/mol. The van der Waals surface area contributed by atoms with E-state index in [0.717, 1.165) is 21.3 Å². The summed E-state index contributed by atoms with van der Waals surface area (Å²) in [6.45, 7) is 2.57. The van der Waals surface area contributed by atoms with Crippen molar-refractivity contribution in [2.24, 2.45) is 0 Å². The van der Waals surface area contributed by atoms with Gasteiger partial charge in [-0.3, -0.25) is 0 Å². The van der Waals surface area contributed by atoms with Gasteiger partial charge >= 0.3 is 0 Å². The minimum Gasteiger partial charge on any atom is -0.494 e. The lowest BCUT2D eigenvalue weighted by molar-refractivity contribution is 0.340. The van der Waals surface area contributed by atoms with Crippen molar-refractivity contribution in [3.8, 4) is 5.75 Å². The van der Waals surface area contributed by atoms with Crippen LogP contribution in [-0.2, 0) is 0 Å². The van der Waals surface area contributed by atoms with Gasteiger partial charge in [-0.15, -0.1) is 0 Å². The van der Waals surface area contributed by atoms with E-state index in [1.54, 1.807) is 6.07 Å². The van der Waals surface area contributed by atoms with Gasteiger partial charge in [-0.1, -0.05) is 28.1 Å². The van der Waals surface area contributed by atoms with Crippen molar-refractivity contribution in [1.29, 1.82) is 0 Å². The van der Waals surface area contributed by atoms with Crippen molar-refractivity contribution in [2.75, 3.05) is 13.7 Å². The first kappa shape index (κ1) is 16.5. The Morgan fingerprint density at radius 1 is 1.14 bits per heavy atom. The third-order valence-corrected chi connectivity index (χ3v) is 4.49. The van der Waals surface area contributed by atoms with Crippen molar-refractivity contribution < 1.29 is 9.13 Å². The summed E-state index contributed by atoms with van der Waals surface area (Å²) < 4.78 is 20.6. The van der Waals surface area contributed by atoms with Crippen molar-refractivity contribution in [1.82, 2.24) is 5.32 Å². The van der Waals surface area contributed by atoms with E-state index in [0.29, 0.717) is 11.1 Å². The van der Waals surface area contributed by atoms with E-state index in [9.17, 15) is 4.39 Å². The molecule has 2 nitrogen and oxygen atoms in total. The van der Waals surface area contributed by atoms with Crippen LogP contribution in [0.2, 0.25) is 0 Å². The van der Waals surface area contributed by atoms with Crippen LogP contribution in [0.1, 0.15) is 24.1 Å². The van der Waals surface area contributed by atoms with Crippen LogP contribution in [0.5, 0.6) is 5.75 Å². The fourth-order valence-electron chi connectivity index (χ4n) is 2.19. The first-order valence-corrected chi connectivity index (χ1v) is 8.19. The molecule has 0 fully saturated rings. The van der Waals surface area contributed by atoms with Gasteiger partial charge in [-0.2, -0.15) is 0 Å². The highest BCUT2D eigenvalue weighted by Crippen LogP contribution is 2.32. The Morgan fingerprint density at radius 2 is 1.90 bits per heavy atom. The van der Waals surface area contributed by atoms with Gasteiger partial charge in [0.05, 0.1) is 17.1 Å². The average Bonchev–Trinajstić information content (AvgIpc) is 2.46. The van der Waals surface area contributed by atoms with Gasteiger partial charge in [0.25, 0.3) is 0 Å².